The first-order valence-electron chi connectivity index (χ1n) is 6.37. The Labute approximate surface area is 129 Å². The van der Waals surface area contributed by atoms with E-state index < -0.39 is 16.0 Å². The standard InChI is InChI=1S/C13H18ClNO5S/c1-3-20-12-7-6-10(9-11(12)14)15-21(17,18)8-4-5-13(16)19-2/h6-7,9,15H,3-5,8H2,1-2H3. The van der Waals surface area contributed by atoms with Crippen LogP contribution in [0.25, 0.3) is 0 Å². The highest BCUT2D eigenvalue weighted by Gasteiger charge is 2.13. The van der Waals surface area contributed by atoms with Crippen molar-refractivity contribution >= 4 is 33.3 Å². The molecule has 0 spiro atoms. The molecule has 0 unspecified atom stereocenters. The van der Waals surface area contributed by atoms with Crippen LogP contribution in [0.3, 0.4) is 0 Å². The predicted octanol–water partition coefficient (Wildman–Crippen LogP) is 2.43. The molecule has 0 heterocycles. The summed E-state index contributed by atoms with van der Waals surface area (Å²) in [6, 6.07) is 4.64. The number of benzene rings is 1. The Morgan fingerprint density at radius 3 is 2.67 bits per heavy atom. The van der Waals surface area contributed by atoms with Crippen molar-refractivity contribution in [2.75, 3.05) is 24.2 Å². The maximum Gasteiger partial charge on any atom is 0.305 e. The van der Waals surface area contributed by atoms with Gasteiger partial charge in [0.15, 0.2) is 0 Å². The molecular weight excluding hydrogens is 318 g/mol. The van der Waals surface area contributed by atoms with Crippen molar-refractivity contribution in [1.29, 1.82) is 0 Å². The van der Waals surface area contributed by atoms with Gasteiger partial charge in [-0.25, -0.2) is 8.42 Å². The maximum absolute atomic E-state index is 11.9. The number of anilines is 1. The number of methoxy groups -OCH3 is 1. The van der Waals surface area contributed by atoms with Gasteiger partial charge in [0.05, 0.1) is 30.2 Å². The molecule has 0 bridgehead atoms. The lowest BCUT2D eigenvalue weighted by Gasteiger charge is -2.10. The van der Waals surface area contributed by atoms with Crippen molar-refractivity contribution in [2.24, 2.45) is 0 Å². The van der Waals surface area contributed by atoms with Crippen LogP contribution in [0.15, 0.2) is 18.2 Å². The van der Waals surface area contributed by atoms with Crippen LogP contribution >= 0.6 is 11.6 Å². The summed E-state index contributed by atoms with van der Waals surface area (Å²) in [6.07, 6.45) is 0.244. The Bertz CT molecular complexity index is 588. The lowest BCUT2D eigenvalue weighted by atomic mass is 10.3. The Morgan fingerprint density at radius 1 is 1.38 bits per heavy atom. The van der Waals surface area contributed by atoms with Crippen molar-refractivity contribution < 1.29 is 22.7 Å². The van der Waals surface area contributed by atoms with Crippen LogP contribution in [0, 0.1) is 0 Å². The fourth-order valence-electron chi connectivity index (χ4n) is 1.58. The summed E-state index contributed by atoms with van der Waals surface area (Å²) >= 11 is 5.98. The van der Waals surface area contributed by atoms with Gasteiger partial charge in [-0.05, 0) is 31.5 Å². The van der Waals surface area contributed by atoms with E-state index in [9.17, 15) is 13.2 Å². The lowest BCUT2D eigenvalue weighted by molar-refractivity contribution is -0.140. The molecule has 1 aromatic carbocycles. The molecule has 0 aliphatic carbocycles. The molecule has 0 saturated heterocycles. The lowest BCUT2D eigenvalue weighted by Crippen LogP contribution is -2.17. The minimum Gasteiger partial charge on any atom is -0.492 e. The molecule has 0 aliphatic rings. The Morgan fingerprint density at radius 2 is 2.10 bits per heavy atom. The van der Waals surface area contributed by atoms with Gasteiger partial charge in [0.1, 0.15) is 5.75 Å². The van der Waals surface area contributed by atoms with E-state index >= 15 is 0 Å². The number of hydrogen-bond acceptors (Lipinski definition) is 5. The predicted molar refractivity (Wildman–Crippen MR) is 81.3 cm³/mol. The monoisotopic (exact) mass is 335 g/mol. The molecule has 0 aliphatic heterocycles. The van der Waals surface area contributed by atoms with Crippen LogP contribution < -0.4 is 9.46 Å². The first-order chi connectivity index (χ1) is 9.88. The first kappa shape index (κ1) is 17.6. The molecule has 21 heavy (non-hydrogen) atoms. The summed E-state index contributed by atoms with van der Waals surface area (Å²) < 4.78 is 35.8. The van der Waals surface area contributed by atoms with Gasteiger partial charge in [-0.1, -0.05) is 11.6 Å². The zero-order valence-electron chi connectivity index (χ0n) is 11.9. The van der Waals surface area contributed by atoms with Gasteiger partial charge >= 0.3 is 5.97 Å². The number of carbonyl (C=O) groups excluding carboxylic acids is 1. The highest BCUT2D eigenvalue weighted by molar-refractivity contribution is 7.92. The summed E-state index contributed by atoms with van der Waals surface area (Å²) in [5.41, 5.74) is 0.349. The first-order valence-corrected chi connectivity index (χ1v) is 8.40. The zero-order chi connectivity index (χ0) is 15.9. The van der Waals surface area contributed by atoms with Gasteiger partial charge in [-0.2, -0.15) is 0 Å². The third kappa shape index (κ3) is 6.22. The third-order valence-electron chi connectivity index (χ3n) is 2.53. The molecule has 118 valence electrons. The fourth-order valence-corrected chi connectivity index (χ4v) is 2.92. The van der Waals surface area contributed by atoms with E-state index in [1.165, 1.54) is 13.2 Å². The molecule has 1 aromatic rings. The van der Waals surface area contributed by atoms with Gasteiger partial charge in [0.2, 0.25) is 10.0 Å². The van der Waals surface area contributed by atoms with E-state index in [1.54, 1.807) is 12.1 Å². The SMILES string of the molecule is CCOc1ccc(NS(=O)(=O)CCCC(=O)OC)cc1Cl. The van der Waals surface area contributed by atoms with Crippen molar-refractivity contribution in [1.82, 2.24) is 0 Å². The molecule has 0 saturated carbocycles. The number of nitrogens with one attached hydrogen (secondary N) is 1. The number of esters is 1. The van der Waals surface area contributed by atoms with Crippen LogP contribution in [0.2, 0.25) is 5.02 Å². The molecule has 6 nitrogen and oxygen atoms in total. The van der Waals surface area contributed by atoms with Crippen LogP contribution in [0.1, 0.15) is 19.8 Å². The minimum atomic E-state index is -3.54. The Hall–Kier alpha value is -1.47. The largest absolute Gasteiger partial charge is 0.492 e. The molecule has 8 heteroatoms. The van der Waals surface area contributed by atoms with E-state index in [4.69, 9.17) is 16.3 Å². The van der Waals surface area contributed by atoms with E-state index in [0.29, 0.717) is 23.1 Å². The second-order valence-electron chi connectivity index (χ2n) is 4.18. The number of rotatable bonds is 8. The molecule has 0 radical (unpaired) electrons. The summed E-state index contributed by atoms with van der Waals surface area (Å²) in [6.45, 7) is 2.30. The maximum atomic E-state index is 11.9. The summed E-state index contributed by atoms with van der Waals surface area (Å²) in [5, 5.41) is 0.326. The van der Waals surface area contributed by atoms with Gasteiger partial charge in [-0.3, -0.25) is 9.52 Å². The number of ether oxygens (including phenoxy) is 2. The van der Waals surface area contributed by atoms with Crippen molar-refractivity contribution in [3.8, 4) is 5.75 Å². The summed E-state index contributed by atoms with van der Waals surface area (Å²) in [5.74, 6) is -0.116. The summed E-state index contributed by atoms with van der Waals surface area (Å²) in [7, 11) is -2.28. The van der Waals surface area contributed by atoms with Crippen molar-refractivity contribution in [3.05, 3.63) is 23.2 Å². The normalized spacial score (nSPS) is 11.0. The van der Waals surface area contributed by atoms with Crippen LogP contribution in [-0.4, -0.2) is 33.9 Å². The molecule has 0 amide bonds. The molecular formula is C13H18ClNO5S. The molecule has 1 rings (SSSR count). The number of sulfonamides is 1. The minimum absolute atomic E-state index is 0.0570. The molecule has 0 atom stereocenters. The van der Waals surface area contributed by atoms with E-state index in [-0.39, 0.29) is 18.6 Å². The van der Waals surface area contributed by atoms with E-state index in [1.807, 2.05) is 6.92 Å². The Balaban J connectivity index is 2.62. The van der Waals surface area contributed by atoms with Gasteiger partial charge in [0, 0.05) is 6.42 Å². The molecule has 0 fully saturated rings. The van der Waals surface area contributed by atoms with Crippen LogP contribution in [0.4, 0.5) is 5.69 Å². The highest BCUT2D eigenvalue weighted by atomic mass is 35.5. The second kappa shape index (κ2) is 8.09. The third-order valence-corrected chi connectivity index (χ3v) is 4.19. The van der Waals surface area contributed by atoms with Crippen LogP contribution in [-0.2, 0) is 19.6 Å². The quantitative estimate of drug-likeness (QED) is 0.738. The molecule has 1 N–H and O–H groups in total. The topological polar surface area (TPSA) is 81.7 Å². The van der Waals surface area contributed by atoms with Crippen molar-refractivity contribution in [3.63, 3.8) is 0 Å². The zero-order valence-corrected chi connectivity index (χ0v) is 13.5. The smallest absolute Gasteiger partial charge is 0.305 e. The number of hydrogen-bond donors (Lipinski definition) is 1. The molecule has 0 aromatic heterocycles. The van der Waals surface area contributed by atoms with Crippen molar-refractivity contribution in [2.45, 2.75) is 19.8 Å². The number of carbonyl (C=O) groups is 1. The fraction of sp³-hybridized carbons (Fsp3) is 0.462. The van der Waals surface area contributed by atoms with Gasteiger partial charge in [-0.15, -0.1) is 0 Å². The van der Waals surface area contributed by atoms with Gasteiger partial charge < -0.3 is 9.47 Å². The second-order valence-corrected chi connectivity index (χ2v) is 6.43. The average molecular weight is 336 g/mol. The van der Waals surface area contributed by atoms with Crippen LogP contribution in [0.5, 0.6) is 5.75 Å². The Kier molecular flexibility index (Phi) is 6.77. The van der Waals surface area contributed by atoms with E-state index in [0.717, 1.165) is 0 Å². The summed E-state index contributed by atoms with van der Waals surface area (Å²) in [4.78, 5) is 10.9. The highest BCUT2D eigenvalue weighted by Crippen LogP contribution is 2.28. The van der Waals surface area contributed by atoms with Gasteiger partial charge in [0.25, 0.3) is 0 Å². The van der Waals surface area contributed by atoms with E-state index in [2.05, 4.69) is 9.46 Å². The number of halogens is 1. The average Bonchev–Trinajstić information content (AvgIpc) is 2.41.